The van der Waals surface area contributed by atoms with Crippen LogP contribution in [0.25, 0.3) is 5.69 Å². The van der Waals surface area contributed by atoms with Gasteiger partial charge in [0.1, 0.15) is 12.7 Å². The molecule has 0 unspecified atom stereocenters. The number of benzene rings is 2. The first-order chi connectivity index (χ1) is 14.2. The zero-order valence-corrected chi connectivity index (χ0v) is 17.7. The molecular weight excluding hydrogens is 404 g/mol. The number of nitrogens with one attached hydrogen (secondary N) is 3. The van der Waals surface area contributed by atoms with Crippen LogP contribution in [-0.2, 0) is 9.59 Å². The van der Waals surface area contributed by atoms with E-state index in [0.29, 0.717) is 27.8 Å². The Morgan fingerprint density at radius 1 is 1.07 bits per heavy atom. The number of halogens is 1. The lowest BCUT2D eigenvalue weighted by molar-refractivity contribution is -0.123. The maximum Gasteiger partial charge on any atom is 0.243 e. The van der Waals surface area contributed by atoms with Crippen LogP contribution in [0.3, 0.4) is 0 Å². The molecule has 3 aromatic rings. The zero-order valence-electron chi connectivity index (χ0n) is 16.9. The van der Waals surface area contributed by atoms with Crippen LogP contribution in [0.4, 0.5) is 17.1 Å². The van der Waals surface area contributed by atoms with Crippen molar-refractivity contribution in [1.29, 1.82) is 0 Å². The van der Waals surface area contributed by atoms with Crippen molar-refractivity contribution in [3.63, 3.8) is 0 Å². The monoisotopic (exact) mass is 426 g/mol. The van der Waals surface area contributed by atoms with Gasteiger partial charge in [0.2, 0.25) is 11.8 Å². The molecule has 0 radical (unpaired) electrons. The number of carbonyl (C=O) groups excluding carboxylic acids is 2. The Balaban J connectivity index is 1.64. The maximum atomic E-state index is 12.5. The van der Waals surface area contributed by atoms with E-state index in [1.54, 1.807) is 41.1 Å². The maximum absolute atomic E-state index is 12.5. The summed E-state index contributed by atoms with van der Waals surface area (Å²) in [5.74, 6) is -0.346. The van der Waals surface area contributed by atoms with E-state index < -0.39 is 5.41 Å². The highest BCUT2D eigenvalue weighted by atomic mass is 35.5. The Bertz CT molecular complexity index is 1040. The van der Waals surface area contributed by atoms with E-state index in [0.717, 1.165) is 0 Å². The fourth-order valence-corrected chi connectivity index (χ4v) is 2.72. The zero-order chi connectivity index (χ0) is 21.7. The minimum absolute atomic E-state index is 0.0278. The van der Waals surface area contributed by atoms with Gasteiger partial charge < -0.3 is 16.0 Å². The van der Waals surface area contributed by atoms with Gasteiger partial charge in [0.05, 0.1) is 17.9 Å². The van der Waals surface area contributed by atoms with Crippen molar-refractivity contribution in [2.24, 2.45) is 5.41 Å². The average Bonchev–Trinajstić information content (AvgIpc) is 3.20. The Labute approximate surface area is 179 Å². The minimum atomic E-state index is -0.498. The highest BCUT2D eigenvalue weighted by molar-refractivity contribution is 6.31. The number of rotatable bonds is 6. The van der Waals surface area contributed by atoms with E-state index in [9.17, 15) is 9.59 Å². The molecule has 9 heteroatoms. The van der Waals surface area contributed by atoms with Crippen molar-refractivity contribution in [3.8, 4) is 5.69 Å². The number of aromatic nitrogens is 3. The van der Waals surface area contributed by atoms with Crippen LogP contribution in [0.5, 0.6) is 0 Å². The lowest BCUT2D eigenvalue weighted by atomic mass is 9.95. The molecule has 0 aliphatic rings. The summed E-state index contributed by atoms with van der Waals surface area (Å²) in [6.07, 6.45) is 2.95. The largest absolute Gasteiger partial charge is 0.376 e. The Morgan fingerprint density at radius 2 is 1.83 bits per heavy atom. The van der Waals surface area contributed by atoms with Crippen molar-refractivity contribution >= 4 is 40.5 Å². The Morgan fingerprint density at radius 3 is 2.53 bits per heavy atom. The first kappa shape index (κ1) is 21.3. The van der Waals surface area contributed by atoms with Crippen LogP contribution in [0.2, 0.25) is 5.02 Å². The smallest absolute Gasteiger partial charge is 0.243 e. The van der Waals surface area contributed by atoms with Gasteiger partial charge in [0, 0.05) is 21.8 Å². The minimum Gasteiger partial charge on any atom is -0.376 e. The molecule has 3 N–H and O–H groups in total. The van der Waals surface area contributed by atoms with Gasteiger partial charge in [-0.25, -0.2) is 9.67 Å². The number of hydrogen-bond donors (Lipinski definition) is 3. The van der Waals surface area contributed by atoms with Crippen molar-refractivity contribution in [2.45, 2.75) is 20.8 Å². The molecular formula is C21H23ClN6O2. The van der Waals surface area contributed by atoms with Gasteiger partial charge in [0.15, 0.2) is 0 Å². The standard InChI is InChI=1S/C21H23ClN6O2/c1-21(2,3)20(30)26-16-6-4-5-15(10-16)24-11-19(29)27-17-9-14(22)7-8-18(17)28-13-23-12-25-28/h4-10,12-13,24H,11H2,1-3H3,(H,26,30)(H,27,29). The summed E-state index contributed by atoms with van der Waals surface area (Å²) in [6, 6.07) is 12.3. The summed E-state index contributed by atoms with van der Waals surface area (Å²) in [4.78, 5) is 28.6. The fourth-order valence-electron chi connectivity index (χ4n) is 2.54. The molecule has 0 atom stereocenters. The molecule has 0 saturated carbocycles. The highest BCUT2D eigenvalue weighted by Crippen LogP contribution is 2.24. The Kier molecular flexibility index (Phi) is 6.37. The molecule has 0 aliphatic heterocycles. The fraction of sp³-hybridized carbons (Fsp3) is 0.238. The lowest BCUT2D eigenvalue weighted by Gasteiger charge is -2.18. The van der Waals surface area contributed by atoms with Crippen LogP contribution in [0, 0.1) is 5.41 Å². The van der Waals surface area contributed by atoms with Crippen LogP contribution < -0.4 is 16.0 Å². The third-order valence-electron chi connectivity index (χ3n) is 4.15. The number of hydrogen-bond acceptors (Lipinski definition) is 5. The number of nitrogens with zero attached hydrogens (tertiary/aromatic N) is 3. The summed E-state index contributed by atoms with van der Waals surface area (Å²) in [5.41, 5.74) is 2.04. The summed E-state index contributed by atoms with van der Waals surface area (Å²) < 4.78 is 1.54. The molecule has 156 valence electrons. The van der Waals surface area contributed by atoms with E-state index >= 15 is 0 Å². The van der Waals surface area contributed by atoms with E-state index in [1.165, 1.54) is 12.7 Å². The quantitative estimate of drug-likeness (QED) is 0.554. The second kappa shape index (κ2) is 8.96. The van der Waals surface area contributed by atoms with Gasteiger partial charge in [-0.15, -0.1) is 0 Å². The summed E-state index contributed by atoms with van der Waals surface area (Å²) in [7, 11) is 0. The molecule has 8 nitrogen and oxygen atoms in total. The molecule has 1 heterocycles. The molecule has 3 rings (SSSR count). The summed E-state index contributed by atoms with van der Waals surface area (Å²) >= 11 is 6.08. The van der Waals surface area contributed by atoms with Gasteiger partial charge in [-0.05, 0) is 36.4 Å². The molecule has 1 aromatic heterocycles. The van der Waals surface area contributed by atoms with Crippen LogP contribution >= 0.6 is 11.6 Å². The first-order valence-corrected chi connectivity index (χ1v) is 9.70. The highest BCUT2D eigenvalue weighted by Gasteiger charge is 2.21. The predicted molar refractivity (Wildman–Crippen MR) is 118 cm³/mol. The summed E-state index contributed by atoms with van der Waals surface area (Å²) in [5, 5.41) is 13.3. The van der Waals surface area contributed by atoms with Crippen LogP contribution in [0.1, 0.15) is 20.8 Å². The van der Waals surface area contributed by atoms with Crippen LogP contribution in [0.15, 0.2) is 55.1 Å². The molecule has 2 amide bonds. The SMILES string of the molecule is CC(C)(C)C(=O)Nc1cccc(NCC(=O)Nc2cc(Cl)ccc2-n2cncn2)c1. The topological polar surface area (TPSA) is 101 Å². The molecule has 2 aromatic carbocycles. The second-order valence-corrected chi connectivity index (χ2v) is 8.12. The van der Waals surface area contributed by atoms with E-state index in [1.807, 2.05) is 26.8 Å². The number of carbonyl (C=O) groups is 2. The van der Waals surface area contributed by atoms with Gasteiger partial charge in [0.25, 0.3) is 0 Å². The van der Waals surface area contributed by atoms with Crippen LogP contribution in [-0.4, -0.2) is 33.1 Å². The van der Waals surface area contributed by atoms with Crippen molar-refractivity contribution < 1.29 is 9.59 Å². The number of amides is 2. The van der Waals surface area contributed by atoms with E-state index in [-0.39, 0.29) is 18.4 Å². The van der Waals surface area contributed by atoms with Gasteiger partial charge in [-0.2, -0.15) is 5.10 Å². The second-order valence-electron chi connectivity index (χ2n) is 7.69. The van der Waals surface area contributed by atoms with Crippen molar-refractivity contribution in [2.75, 3.05) is 22.5 Å². The molecule has 0 spiro atoms. The molecule has 0 bridgehead atoms. The Hall–Kier alpha value is -3.39. The lowest BCUT2D eigenvalue weighted by Crippen LogP contribution is -2.27. The van der Waals surface area contributed by atoms with Gasteiger partial charge in [-0.1, -0.05) is 38.4 Å². The third kappa shape index (κ3) is 5.57. The van der Waals surface area contributed by atoms with Crippen molar-refractivity contribution in [3.05, 3.63) is 60.1 Å². The molecule has 0 fully saturated rings. The normalized spacial score (nSPS) is 11.1. The average molecular weight is 427 g/mol. The van der Waals surface area contributed by atoms with Gasteiger partial charge >= 0.3 is 0 Å². The van der Waals surface area contributed by atoms with E-state index in [2.05, 4.69) is 26.0 Å². The molecule has 30 heavy (non-hydrogen) atoms. The first-order valence-electron chi connectivity index (χ1n) is 9.32. The molecule has 0 saturated heterocycles. The number of anilines is 3. The third-order valence-corrected chi connectivity index (χ3v) is 4.39. The van der Waals surface area contributed by atoms with E-state index in [4.69, 9.17) is 11.6 Å². The predicted octanol–water partition coefficient (Wildman–Crippen LogP) is 3.96. The van der Waals surface area contributed by atoms with Crippen molar-refractivity contribution in [1.82, 2.24) is 14.8 Å². The molecule has 0 aliphatic carbocycles. The van der Waals surface area contributed by atoms with Gasteiger partial charge in [-0.3, -0.25) is 9.59 Å². The summed E-state index contributed by atoms with van der Waals surface area (Å²) in [6.45, 7) is 5.56.